The molecule has 0 spiro atoms. The van der Waals surface area contributed by atoms with Gasteiger partial charge in [-0.25, -0.2) is 0 Å². The molecule has 0 unspecified atom stereocenters. The Morgan fingerprint density at radius 3 is 2.38 bits per heavy atom. The summed E-state index contributed by atoms with van der Waals surface area (Å²) in [4.78, 5) is 22.7. The van der Waals surface area contributed by atoms with Crippen LogP contribution in [0.3, 0.4) is 0 Å². The molecular formula is C14H21Cl2N3O2. The van der Waals surface area contributed by atoms with E-state index in [1.54, 1.807) is 6.07 Å². The summed E-state index contributed by atoms with van der Waals surface area (Å²) in [5.41, 5.74) is 11.4. The predicted molar refractivity (Wildman–Crippen MR) is 88.0 cm³/mol. The standard InChI is InChI=1S/C14H20ClN3O2.ClH/c15-12-9-10(6-7-11(12)14(17)20)18-13(19)5-3-1-2-4-8-16;/h6-7,9H,1-5,8,16H2,(H2,17,20)(H,18,19);1H. The maximum atomic E-state index is 11.7. The Balaban J connectivity index is 0.00000400. The van der Waals surface area contributed by atoms with E-state index < -0.39 is 5.91 Å². The molecule has 0 aliphatic heterocycles. The van der Waals surface area contributed by atoms with Crippen molar-refractivity contribution in [3.8, 4) is 0 Å². The molecule has 2 amide bonds. The van der Waals surface area contributed by atoms with Gasteiger partial charge < -0.3 is 16.8 Å². The predicted octanol–water partition coefficient (Wildman–Crippen LogP) is 2.71. The number of nitrogens with two attached hydrogens (primary N) is 2. The molecule has 118 valence electrons. The summed E-state index contributed by atoms with van der Waals surface area (Å²) in [5, 5.41) is 2.97. The average Bonchev–Trinajstić information content (AvgIpc) is 2.38. The number of halogens is 2. The van der Waals surface area contributed by atoms with Crippen LogP contribution in [0.5, 0.6) is 0 Å². The number of primary amides is 1. The lowest BCUT2D eigenvalue weighted by atomic mass is 10.1. The summed E-state index contributed by atoms with van der Waals surface area (Å²) in [6, 6.07) is 4.63. The van der Waals surface area contributed by atoms with E-state index in [9.17, 15) is 9.59 Å². The van der Waals surface area contributed by atoms with Crippen molar-refractivity contribution >= 4 is 41.5 Å². The summed E-state index contributed by atoms with van der Waals surface area (Å²) < 4.78 is 0. The van der Waals surface area contributed by atoms with Crippen LogP contribution in [0, 0.1) is 0 Å². The maximum absolute atomic E-state index is 11.7. The van der Waals surface area contributed by atoms with Crippen LogP contribution in [0.1, 0.15) is 42.5 Å². The highest BCUT2D eigenvalue weighted by Gasteiger charge is 2.08. The molecule has 7 heteroatoms. The summed E-state index contributed by atoms with van der Waals surface area (Å²) >= 11 is 5.91. The van der Waals surface area contributed by atoms with E-state index in [2.05, 4.69) is 5.32 Å². The quantitative estimate of drug-likeness (QED) is 0.638. The average molecular weight is 334 g/mol. The van der Waals surface area contributed by atoms with Crippen molar-refractivity contribution < 1.29 is 9.59 Å². The molecular weight excluding hydrogens is 313 g/mol. The van der Waals surface area contributed by atoms with Crippen LogP contribution in [-0.2, 0) is 4.79 Å². The lowest BCUT2D eigenvalue weighted by Gasteiger charge is -2.07. The van der Waals surface area contributed by atoms with E-state index in [0.29, 0.717) is 18.7 Å². The van der Waals surface area contributed by atoms with Gasteiger partial charge in [0, 0.05) is 12.1 Å². The number of rotatable bonds is 8. The van der Waals surface area contributed by atoms with Crippen molar-refractivity contribution in [3.05, 3.63) is 28.8 Å². The van der Waals surface area contributed by atoms with E-state index in [0.717, 1.165) is 25.7 Å². The van der Waals surface area contributed by atoms with E-state index in [1.165, 1.54) is 12.1 Å². The largest absolute Gasteiger partial charge is 0.366 e. The summed E-state index contributed by atoms with van der Waals surface area (Å²) in [7, 11) is 0. The topological polar surface area (TPSA) is 98.2 Å². The SMILES string of the molecule is Cl.NCCCCCCC(=O)Nc1ccc(C(N)=O)c(Cl)c1. The van der Waals surface area contributed by atoms with Gasteiger partial charge in [-0.05, 0) is 37.6 Å². The fraction of sp³-hybridized carbons (Fsp3) is 0.429. The van der Waals surface area contributed by atoms with Crippen molar-refractivity contribution in [1.82, 2.24) is 0 Å². The van der Waals surface area contributed by atoms with Crippen molar-refractivity contribution in [2.45, 2.75) is 32.1 Å². The van der Waals surface area contributed by atoms with Crippen molar-refractivity contribution in [1.29, 1.82) is 0 Å². The molecule has 1 aromatic carbocycles. The molecule has 0 saturated carbocycles. The van der Waals surface area contributed by atoms with Crippen LogP contribution >= 0.6 is 24.0 Å². The van der Waals surface area contributed by atoms with Crippen molar-refractivity contribution in [2.24, 2.45) is 11.5 Å². The molecule has 0 fully saturated rings. The second-order valence-electron chi connectivity index (χ2n) is 4.56. The smallest absolute Gasteiger partial charge is 0.250 e. The number of carbonyl (C=O) groups excluding carboxylic acids is 2. The minimum absolute atomic E-state index is 0. The lowest BCUT2D eigenvalue weighted by molar-refractivity contribution is -0.116. The van der Waals surface area contributed by atoms with Gasteiger partial charge in [-0.15, -0.1) is 12.4 Å². The molecule has 5 nitrogen and oxygen atoms in total. The first kappa shape index (κ1) is 19.7. The Labute approximate surface area is 135 Å². The number of nitrogens with one attached hydrogen (secondary N) is 1. The first-order chi connectivity index (χ1) is 9.54. The molecule has 5 N–H and O–H groups in total. The highest BCUT2D eigenvalue weighted by Crippen LogP contribution is 2.20. The lowest BCUT2D eigenvalue weighted by Crippen LogP contribution is -2.13. The number of hydrogen-bond acceptors (Lipinski definition) is 3. The van der Waals surface area contributed by atoms with Crippen LogP contribution in [0.2, 0.25) is 5.02 Å². The highest BCUT2D eigenvalue weighted by atomic mass is 35.5. The first-order valence-electron chi connectivity index (χ1n) is 6.64. The Hall–Kier alpha value is -1.30. The Morgan fingerprint density at radius 1 is 1.14 bits per heavy atom. The Bertz CT molecular complexity index is 481. The van der Waals surface area contributed by atoms with Gasteiger partial charge in [0.1, 0.15) is 0 Å². The molecule has 0 aromatic heterocycles. The number of carbonyl (C=O) groups is 2. The molecule has 0 aliphatic rings. The summed E-state index contributed by atoms with van der Waals surface area (Å²) in [5.74, 6) is -0.659. The maximum Gasteiger partial charge on any atom is 0.250 e. The number of hydrogen-bond donors (Lipinski definition) is 3. The second kappa shape index (κ2) is 10.4. The number of benzene rings is 1. The van der Waals surface area contributed by atoms with Gasteiger partial charge in [0.25, 0.3) is 0 Å². The molecule has 0 radical (unpaired) electrons. The van der Waals surface area contributed by atoms with Gasteiger partial charge in [0.2, 0.25) is 11.8 Å². The van der Waals surface area contributed by atoms with Gasteiger partial charge in [-0.2, -0.15) is 0 Å². The van der Waals surface area contributed by atoms with Crippen LogP contribution in [0.25, 0.3) is 0 Å². The third-order valence-electron chi connectivity index (χ3n) is 2.88. The van der Waals surface area contributed by atoms with Gasteiger partial charge in [0.15, 0.2) is 0 Å². The fourth-order valence-corrected chi connectivity index (χ4v) is 2.07. The third-order valence-corrected chi connectivity index (χ3v) is 3.19. The fourth-order valence-electron chi connectivity index (χ4n) is 1.80. The minimum atomic E-state index is -0.590. The van der Waals surface area contributed by atoms with Crippen LogP contribution in [-0.4, -0.2) is 18.4 Å². The van der Waals surface area contributed by atoms with Crippen LogP contribution < -0.4 is 16.8 Å². The molecule has 0 atom stereocenters. The molecule has 0 aliphatic carbocycles. The highest BCUT2D eigenvalue weighted by molar-refractivity contribution is 6.34. The van der Waals surface area contributed by atoms with E-state index >= 15 is 0 Å². The zero-order valence-electron chi connectivity index (χ0n) is 11.7. The molecule has 0 bridgehead atoms. The first-order valence-corrected chi connectivity index (χ1v) is 7.01. The van der Waals surface area contributed by atoms with Gasteiger partial charge >= 0.3 is 0 Å². The van der Waals surface area contributed by atoms with Gasteiger partial charge in [0.05, 0.1) is 10.6 Å². The Kier molecular flexibility index (Phi) is 9.78. The number of anilines is 1. The Morgan fingerprint density at radius 2 is 1.81 bits per heavy atom. The van der Waals surface area contributed by atoms with E-state index in [-0.39, 0.29) is 28.9 Å². The zero-order valence-corrected chi connectivity index (χ0v) is 13.3. The molecule has 21 heavy (non-hydrogen) atoms. The van der Waals surface area contributed by atoms with Crippen LogP contribution in [0.15, 0.2) is 18.2 Å². The second-order valence-corrected chi connectivity index (χ2v) is 4.97. The monoisotopic (exact) mass is 333 g/mol. The minimum Gasteiger partial charge on any atom is -0.366 e. The third kappa shape index (κ3) is 7.32. The van der Waals surface area contributed by atoms with Gasteiger partial charge in [-0.1, -0.05) is 24.4 Å². The normalized spacial score (nSPS) is 9.81. The van der Waals surface area contributed by atoms with E-state index in [4.69, 9.17) is 23.1 Å². The molecule has 1 aromatic rings. The zero-order chi connectivity index (χ0) is 15.0. The van der Waals surface area contributed by atoms with Gasteiger partial charge in [-0.3, -0.25) is 9.59 Å². The van der Waals surface area contributed by atoms with Crippen molar-refractivity contribution in [3.63, 3.8) is 0 Å². The van der Waals surface area contributed by atoms with Crippen LogP contribution in [0.4, 0.5) is 5.69 Å². The summed E-state index contributed by atoms with van der Waals surface area (Å²) in [6.07, 6.45) is 4.32. The van der Waals surface area contributed by atoms with Crippen molar-refractivity contribution in [2.75, 3.05) is 11.9 Å². The number of amides is 2. The molecule has 1 rings (SSSR count). The molecule has 0 heterocycles. The summed E-state index contributed by atoms with van der Waals surface area (Å²) in [6.45, 7) is 0.691. The van der Waals surface area contributed by atoms with E-state index in [1.807, 2.05) is 0 Å². The molecule has 0 saturated heterocycles. The number of unbranched alkanes of at least 4 members (excludes halogenated alkanes) is 3.